The Morgan fingerprint density at radius 2 is 1.82 bits per heavy atom. The summed E-state index contributed by atoms with van der Waals surface area (Å²) in [5, 5.41) is 5.74. The quantitative estimate of drug-likeness (QED) is 0.413. The number of hydroxylamine groups is 1. The molecule has 1 atom stereocenters. The Morgan fingerprint density at radius 3 is 2.36 bits per heavy atom. The van der Waals surface area contributed by atoms with Crippen LogP contribution in [0.1, 0.15) is 23.2 Å². The van der Waals surface area contributed by atoms with Gasteiger partial charge in [0.25, 0.3) is 5.91 Å². The maximum absolute atomic E-state index is 12.5. The first kappa shape index (κ1) is 21.6. The summed E-state index contributed by atoms with van der Waals surface area (Å²) in [6.07, 6.45) is -9.24. The van der Waals surface area contributed by atoms with E-state index in [1.165, 1.54) is 31.2 Å². The zero-order valence-electron chi connectivity index (χ0n) is 14.2. The van der Waals surface area contributed by atoms with Crippen LogP contribution in [0.2, 0.25) is 0 Å². The van der Waals surface area contributed by atoms with Crippen molar-refractivity contribution in [2.75, 3.05) is 13.2 Å². The third-order valence-corrected chi connectivity index (χ3v) is 3.18. The van der Waals surface area contributed by atoms with Crippen molar-refractivity contribution in [3.63, 3.8) is 0 Å². The maximum Gasteiger partial charge on any atom is 0.471 e. The van der Waals surface area contributed by atoms with Gasteiger partial charge in [0.05, 0.1) is 0 Å². The van der Waals surface area contributed by atoms with Gasteiger partial charge in [-0.15, -0.1) is 0 Å². The summed E-state index contributed by atoms with van der Waals surface area (Å²) in [6, 6.07) is 4.75. The average molecular weight is 412 g/mol. The van der Waals surface area contributed by atoms with Gasteiger partial charge in [0.15, 0.2) is 6.61 Å². The van der Waals surface area contributed by atoms with Crippen LogP contribution in [0.4, 0.5) is 26.3 Å². The number of halogens is 6. The topological polar surface area (TPSA) is 89.3 Å². The number of hydrogen-bond acceptors (Lipinski definition) is 6. The van der Waals surface area contributed by atoms with E-state index in [0.29, 0.717) is 0 Å². The molecule has 0 aliphatic carbocycles. The molecule has 0 aliphatic heterocycles. The third-order valence-electron chi connectivity index (χ3n) is 3.18. The Kier molecular flexibility index (Phi) is 6.61. The lowest BCUT2D eigenvalue weighted by Gasteiger charge is -2.15. The molecule has 0 aliphatic rings. The fraction of sp³-hybridized carbons (Fsp3) is 0.400. The van der Waals surface area contributed by atoms with Crippen LogP contribution in [0.3, 0.4) is 0 Å². The number of alkyl halides is 6. The van der Waals surface area contributed by atoms with Gasteiger partial charge in [-0.3, -0.25) is 9.63 Å². The number of rotatable bonds is 7. The minimum atomic E-state index is -4.76. The van der Waals surface area contributed by atoms with E-state index < -0.39 is 36.8 Å². The molecule has 2 N–H and O–H groups in total. The number of amides is 1. The van der Waals surface area contributed by atoms with Crippen LogP contribution >= 0.6 is 0 Å². The molecule has 7 nitrogen and oxygen atoms in total. The molecular weight excluding hydrogens is 398 g/mol. The van der Waals surface area contributed by atoms with E-state index in [1.54, 1.807) is 0 Å². The Hall–Kier alpha value is -2.67. The lowest BCUT2D eigenvalue weighted by molar-refractivity contribution is -0.189. The van der Waals surface area contributed by atoms with E-state index in [9.17, 15) is 31.1 Å². The van der Waals surface area contributed by atoms with Crippen LogP contribution in [-0.4, -0.2) is 41.4 Å². The van der Waals surface area contributed by atoms with Crippen molar-refractivity contribution in [2.45, 2.75) is 25.3 Å². The Balaban J connectivity index is 1.88. The summed E-state index contributed by atoms with van der Waals surface area (Å²) < 4.78 is 77.3. The predicted octanol–water partition coefficient (Wildman–Crippen LogP) is 2.96. The van der Waals surface area contributed by atoms with E-state index in [4.69, 9.17) is 0 Å². The largest absolute Gasteiger partial charge is 0.471 e. The molecule has 28 heavy (non-hydrogen) atoms. The van der Waals surface area contributed by atoms with E-state index in [-0.39, 0.29) is 23.5 Å². The van der Waals surface area contributed by atoms with Crippen LogP contribution in [0, 0.1) is 0 Å². The Morgan fingerprint density at radius 1 is 1.18 bits per heavy atom. The van der Waals surface area contributed by atoms with Crippen LogP contribution in [0.15, 0.2) is 28.8 Å². The van der Waals surface area contributed by atoms with E-state index in [0.717, 1.165) is 0 Å². The summed E-state index contributed by atoms with van der Waals surface area (Å²) in [5.74, 6) is -2.32. The van der Waals surface area contributed by atoms with E-state index in [1.807, 2.05) is 0 Å². The monoisotopic (exact) mass is 412 g/mol. The van der Waals surface area contributed by atoms with Crippen molar-refractivity contribution in [2.24, 2.45) is 0 Å². The molecule has 154 valence electrons. The molecule has 13 heteroatoms. The molecule has 0 bridgehead atoms. The molecule has 0 radical (unpaired) electrons. The van der Waals surface area contributed by atoms with Gasteiger partial charge in [-0.05, 0) is 19.1 Å². The summed E-state index contributed by atoms with van der Waals surface area (Å²) in [5.41, 5.74) is 2.46. The zero-order valence-corrected chi connectivity index (χ0v) is 14.2. The second-order valence-electron chi connectivity index (χ2n) is 5.63. The number of carbonyl (C=O) groups excluding carboxylic acids is 1. The highest BCUT2D eigenvalue weighted by Gasteiger charge is 2.38. The summed E-state index contributed by atoms with van der Waals surface area (Å²) in [6.45, 7) is -0.0154. The molecule has 0 saturated heterocycles. The number of nitrogens with zero attached hydrogens (tertiary/aromatic N) is 2. The normalized spacial score (nSPS) is 13.4. The van der Waals surface area contributed by atoms with Gasteiger partial charge in [-0.2, -0.15) is 31.3 Å². The van der Waals surface area contributed by atoms with Gasteiger partial charge in [0.2, 0.25) is 5.82 Å². The van der Waals surface area contributed by atoms with Gasteiger partial charge in [0.1, 0.15) is 0 Å². The van der Waals surface area contributed by atoms with Gasteiger partial charge >= 0.3 is 18.2 Å². The molecule has 1 aromatic carbocycles. The highest BCUT2D eigenvalue weighted by molar-refractivity contribution is 5.94. The van der Waals surface area contributed by atoms with Gasteiger partial charge in [-0.1, -0.05) is 17.3 Å². The van der Waals surface area contributed by atoms with E-state index >= 15 is 0 Å². The van der Waals surface area contributed by atoms with Crippen LogP contribution < -0.4 is 10.8 Å². The highest BCUT2D eigenvalue weighted by Crippen LogP contribution is 2.29. The standard InChI is InChI=1S/C15H14F6N4O3/c1-8(6-22-27-7-14(16,17)18)23-12(26)10-4-2-9(3-5-10)11-24-13(28-25-11)15(19,20)21/h2-5,8,22H,6-7H2,1H3,(H,23,26). The fourth-order valence-electron chi connectivity index (χ4n) is 1.90. The average Bonchev–Trinajstić information content (AvgIpc) is 3.08. The Labute approximate surface area is 154 Å². The molecule has 2 aromatic rings. The number of nitrogens with one attached hydrogen (secondary N) is 2. The van der Waals surface area contributed by atoms with Gasteiger partial charge in [0, 0.05) is 23.7 Å². The molecule has 0 saturated carbocycles. The third kappa shape index (κ3) is 6.49. The number of aromatic nitrogens is 2. The second-order valence-corrected chi connectivity index (χ2v) is 5.63. The SMILES string of the molecule is CC(CNOCC(F)(F)F)NC(=O)c1ccc(-c2noc(C(F)(F)F)n2)cc1. The van der Waals surface area contributed by atoms with Crippen molar-refractivity contribution < 1.29 is 40.5 Å². The lowest BCUT2D eigenvalue weighted by Crippen LogP contribution is -2.40. The fourth-order valence-corrected chi connectivity index (χ4v) is 1.90. The van der Waals surface area contributed by atoms with Crippen LogP contribution in [-0.2, 0) is 11.0 Å². The summed E-state index contributed by atoms with van der Waals surface area (Å²) >= 11 is 0. The van der Waals surface area contributed by atoms with Crippen molar-refractivity contribution in [1.82, 2.24) is 20.9 Å². The van der Waals surface area contributed by atoms with Crippen molar-refractivity contribution >= 4 is 5.91 Å². The number of benzene rings is 1. The van der Waals surface area contributed by atoms with Crippen LogP contribution in [0.25, 0.3) is 11.4 Å². The zero-order chi connectivity index (χ0) is 20.9. The predicted molar refractivity (Wildman–Crippen MR) is 81.7 cm³/mol. The second kappa shape index (κ2) is 8.56. The Bertz CT molecular complexity index is 788. The summed E-state index contributed by atoms with van der Waals surface area (Å²) in [7, 11) is 0. The molecule has 0 fully saturated rings. The molecule has 1 unspecified atom stereocenters. The molecule has 1 aromatic heterocycles. The van der Waals surface area contributed by atoms with Gasteiger partial charge < -0.3 is 9.84 Å². The van der Waals surface area contributed by atoms with Crippen LogP contribution in [0.5, 0.6) is 0 Å². The lowest BCUT2D eigenvalue weighted by atomic mass is 10.1. The molecule has 0 spiro atoms. The van der Waals surface area contributed by atoms with Crippen molar-refractivity contribution in [1.29, 1.82) is 0 Å². The smallest absolute Gasteiger partial charge is 0.348 e. The number of carbonyl (C=O) groups is 1. The highest BCUT2D eigenvalue weighted by atomic mass is 19.4. The first-order chi connectivity index (χ1) is 13.0. The number of hydrogen-bond donors (Lipinski definition) is 2. The van der Waals surface area contributed by atoms with Gasteiger partial charge in [-0.25, -0.2) is 5.48 Å². The minimum Gasteiger partial charge on any atom is -0.348 e. The first-order valence-electron chi connectivity index (χ1n) is 7.69. The molecule has 1 heterocycles. The maximum atomic E-state index is 12.5. The van der Waals surface area contributed by atoms with E-state index in [2.05, 4.69) is 30.3 Å². The molecular formula is C15H14F6N4O3. The summed E-state index contributed by atoms with van der Waals surface area (Å²) in [4.78, 5) is 19.5. The van der Waals surface area contributed by atoms with Crippen molar-refractivity contribution in [3.05, 3.63) is 35.7 Å². The molecule has 1 amide bonds. The van der Waals surface area contributed by atoms with Crippen molar-refractivity contribution in [3.8, 4) is 11.4 Å². The minimum absolute atomic E-state index is 0.0804. The molecule has 2 rings (SSSR count). The first-order valence-corrected chi connectivity index (χ1v) is 7.69.